The smallest absolute Gasteiger partial charge is 0.343 e. The second-order valence-electron chi connectivity index (χ2n) is 15.0. The number of ether oxygens (including phenoxy) is 5. The van der Waals surface area contributed by atoms with E-state index in [4.69, 9.17) is 23.7 Å². The number of benzene rings is 5. The number of nitrogens with zero attached hydrogens (tertiary/aromatic N) is 1. The highest BCUT2D eigenvalue weighted by Gasteiger charge is 2.13. The van der Waals surface area contributed by atoms with Crippen LogP contribution in [0, 0.1) is 0 Å². The minimum Gasteiger partial charge on any atom is -0.494 e. The Kier molecular flexibility index (Phi) is 19.6. The third-order valence-electron chi connectivity index (χ3n) is 9.99. The van der Waals surface area contributed by atoms with E-state index in [9.17, 15) is 14.4 Å². The van der Waals surface area contributed by atoms with E-state index < -0.39 is 17.9 Å². The number of carbonyl (C=O) groups is 3. The van der Waals surface area contributed by atoms with Gasteiger partial charge in [0.05, 0.1) is 35.6 Å². The number of esters is 3. The van der Waals surface area contributed by atoms with Crippen LogP contribution in [0.5, 0.6) is 28.7 Å². The van der Waals surface area contributed by atoms with Crippen molar-refractivity contribution in [3.63, 3.8) is 0 Å². The Bertz CT molecular complexity index is 2090. The van der Waals surface area contributed by atoms with Crippen molar-refractivity contribution in [3.05, 3.63) is 144 Å². The third-order valence-corrected chi connectivity index (χ3v) is 9.99. The summed E-state index contributed by atoms with van der Waals surface area (Å²) in [5, 5.41) is 0. The lowest BCUT2D eigenvalue weighted by atomic mass is 10.1. The molecule has 0 aliphatic carbocycles. The molecule has 0 heterocycles. The second-order valence-corrected chi connectivity index (χ2v) is 15.0. The summed E-state index contributed by atoms with van der Waals surface area (Å²) in [5.41, 5.74) is 2.49. The lowest BCUT2D eigenvalue weighted by Gasteiger charge is -2.09. The molecule has 9 nitrogen and oxygen atoms in total. The fourth-order valence-electron chi connectivity index (χ4n) is 6.44. The number of carbonyl (C=O) groups excluding carboxylic acids is 3. The molecule has 0 aliphatic rings. The van der Waals surface area contributed by atoms with E-state index in [2.05, 4.69) is 18.8 Å². The van der Waals surface area contributed by atoms with Gasteiger partial charge in [-0.3, -0.25) is 4.99 Å². The summed E-state index contributed by atoms with van der Waals surface area (Å²) in [6.07, 6.45) is 18.8. The first-order valence-electron chi connectivity index (χ1n) is 21.9. The number of unbranched alkanes of at least 4 members (excludes halogenated alkanes) is 12. The molecule has 0 bridgehead atoms. The standard InChI is InChI=1S/C52H59NO8/c1-3-5-7-9-11-12-14-16-37-58-46-26-20-41(21-27-46)50(54)59-47-30-24-44(25-31-47)53-39-40-18-17-19-43(38-40)52(56)61-49-34-32-48(33-35-49)60-51(55)42-22-28-45(29-23-42)57-36-15-13-10-8-6-4-2/h17-35,38-39H,3-16,36-37H2,1-2H3. The van der Waals surface area contributed by atoms with Gasteiger partial charge in [-0.15, -0.1) is 0 Å². The Labute approximate surface area is 361 Å². The minimum atomic E-state index is -0.550. The Balaban J connectivity index is 1.02. The zero-order valence-corrected chi connectivity index (χ0v) is 35.7. The minimum absolute atomic E-state index is 0.298. The molecule has 320 valence electrons. The Morgan fingerprint density at radius 3 is 1.25 bits per heavy atom. The van der Waals surface area contributed by atoms with Crippen LogP contribution in [0.1, 0.15) is 140 Å². The summed E-state index contributed by atoms with van der Waals surface area (Å²) in [5.74, 6) is 0.944. The van der Waals surface area contributed by atoms with Gasteiger partial charge in [-0.05, 0) is 128 Å². The van der Waals surface area contributed by atoms with E-state index in [1.165, 1.54) is 70.6 Å². The summed E-state index contributed by atoms with van der Waals surface area (Å²) >= 11 is 0. The van der Waals surface area contributed by atoms with Gasteiger partial charge >= 0.3 is 17.9 Å². The van der Waals surface area contributed by atoms with E-state index in [1.807, 2.05) is 6.07 Å². The highest BCUT2D eigenvalue weighted by atomic mass is 16.5. The molecule has 0 saturated heterocycles. The van der Waals surface area contributed by atoms with E-state index in [-0.39, 0.29) is 0 Å². The number of rotatable bonds is 26. The van der Waals surface area contributed by atoms with Crippen LogP contribution in [0.4, 0.5) is 5.69 Å². The first-order chi connectivity index (χ1) is 29.9. The van der Waals surface area contributed by atoms with E-state index in [1.54, 1.807) is 121 Å². The van der Waals surface area contributed by atoms with Crippen molar-refractivity contribution in [2.75, 3.05) is 13.2 Å². The Hall–Kier alpha value is -6.22. The van der Waals surface area contributed by atoms with Gasteiger partial charge in [-0.2, -0.15) is 0 Å². The van der Waals surface area contributed by atoms with Crippen LogP contribution in [-0.4, -0.2) is 37.3 Å². The maximum Gasteiger partial charge on any atom is 0.343 e. The number of aliphatic imine (C=N–C) groups is 1. The first-order valence-corrected chi connectivity index (χ1v) is 21.9. The van der Waals surface area contributed by atoms with Gasteiger partial charge in [0.2, 0.25) is 0 Å². The summed E-state index contributed by atoms with van der Waals surface area (Å²) < 4.78 is 28.3. The molecule has 0 amide bonds. The van der Waals surface area contributed by atoms with Crippen LogP contribution < -0.4 is 23.7 Å². The highest BCUT2D eigenvalue weighted by Crippen LogP contribution is 2.23. The van der Waals surface area contributed by atoms with Crippen LogP contribution in [0.15, 0.2) is 126 Å². The molecule has 0 saturated carbocycles. The summed E-state index contributed by atoms with van der Waals surface area (Å²) in [6, 6.07) is 33.9. The van der Waals surface area contributed by atoms with E-state index in [0.29, 0.717) is 64.2 Å². The largest absolute Gasteiger partial charge is 0.494 e. The van der Waals surface area contributed by atoms with Crippen LogP contribution in [0.25, 0.3) is 0 Å². The maximum atomic E-state index is 13.0. The van der Waals surface area contributed by atoms with Crippen LogP contribution in [0.3, 0.4) is 0 Å². The monoisotopic (exact) mass is 825 g/mol. The molecule has 9 heteroatoms. The topological polar surface area (TPSA) is 110 Å². The molecule has 0 N–H and O–H groups in total. The van der Waals surface area contributed by atoms with Crippen molar-refractivity contribution >= 4 is 29.8 Å². The molecule has 5 aromatic rings. The molecule has 0 aliphatic heterocycles. The van der Waals surface area contributed by atoms with Gasteiger partial charge < -0.3 is 23.7 Å². The number of hydrogen-bond acceptors (Lipinski definition) is 9. The lowest BCUT2D eigenvalue weighted by Crippen LogP contribution is -2.10. The molecule has 0 radical (unpaired) electrons. The fraction of sp³-hybridized carbons (Fsp3) is 0.346. The lowest BCUT2D eigenvalue weighted by molar-refractivity contribution is 0.0719. The molecule has 0 unspecified atom stereocenters. The predicted octanol–water partition coefficient (Wildman–Crippen LogP) is 13.4. The molecule has 61 heavy (non-hydrogen) atoms. The van der Waals surface area contributed by atoms with Gasteiger partial charge in [-0.1, -0.05) is 103 Å². The SMILES string of the molecule is CCCCCCCCCCOc1ccc(C(=O)Oc2ccc(N=Cc3cccc(C(=O)Oc4ccc(OC(=O)c5ccc(OCCCCCCCC)cc5)cc4)c3)cc2)cc1. The average molecular weight is 826 g/mol. The number of hydrogen-bond donors (Lipinski definition) is 0. The second kappa shape index (κ2) is 26.1. The highest BCUT2D eigenvalue weighted by molar-refractivity contribution is 5.94. The first kappa shape index (κ1) is 45.9. The van der Waals surface area contributed by atoms with E-state index >= 15 is 0 Å². The van der Waals surface area contributed by atoms with Crippen molar-refractivity contribution in [3.8, 4) is 28.7 Å². The molecule has 0 fully saturated rings. The summed E-state index contributed by atoms with van der Waals surface area (Å²) in [7, 11) is 0. The Morgan fingerprint density at radius 2 is 0.803 bits per heavy atom. The molecule has 0 aromatic heterocycles. The normalized spacial score (nSPS) is 11.0. The van der Waals surface area contributed by atoms with Crippen molar-refractivity contribution in [1.29, 1.82) is 0 Å². The third kappa shape index (κ3) is 16.8. The van der Waals surface area contributed by atoms with Crippen molar-refractivity contribution in [2.24, 2.45) is 4.99 Å². The maximum absolute atomic E-state index is 13.0. The summed E-state index contributed by atoms with van der Waals surface area (Å²) in [6.45, 7) is 5.76. The van der Waals surface area contributed by atoms with Crippen LogP contribution in [-0.2, 0) is 0 Å². The van der Waals surface area contributed by atoms with Crippen molar-refractivity contribution in [2.45, 2.75) is 104 Å². The molecule has 5 rings (SSSR count). The molecule has 5 aromatic carbocycles. The molecular weight excluding hydrogens is 767 g/mol. The van der Waals surface area contributed by atoms with Gasteiger partial charge in [0.1, 0.15) is 28.7 Å². The van der Waals surface area contributed by atoms with Gasteiger partial charge in [-0.25, -0.2) is 14.4 Å². The fourth-order valence-corrected chi connectivity index (χ4v) is 6.44. The summed E-state index contributed by atoms with van der Waals surface area (Å²) in [4.78, 5) is 43.0. The van der Waals surface area contributed by atoms with Crippen LogP contribution >= 0.6 is 0 Å². The van der Waals surface area contributed by atoms with Gasteiger partial charge in [0, 0.05) is 6.21 Å². The predicted molar refractivity (Wildman–Crippen MR) is 241 cm³/mol. The van der Waals surface area contributed by atoms with Gasteiger partial charge in [0.25, 0.3) is 0 Å². The van der Waals surface area contributed by atoms with Gasteiger partial charge in [0.15, 0.2) is 0 Å². The quantitative estimate of drug-likeness (QED) is 0.0235. The average Bonchev–Trinajstić information content (AvgIpc) is 3.29. The molecular formula is C52H59NO8. The zero-order chi connectivity index (χ0) is 42.9. The van der Waals surface area contributed by atoms with Crippen molar-refractivity contribution < 1.29 is 38.1 Å². The molecule has 0 spiro atoms. The van der Waals surface area contributed by atoms with Crippen LogP contribution in [0.2, 0.25) is 0 Å². The van der Waals surface area contributed by atoms with E-state index in [0.717, 1.165) is 25.0 Å². The zero-order valence-electron chi connectivity index (χ0n) is 35.7. The Morgan fingerprint density at radius 1 is 0.426 bits per heavy atom. The molecule has 0 atom stereocenters. The van der Waals surface area contributed by atoms with Crippen molar-refractivity contribution in [1.82, 2.24) is 0 Å².